The Morgan fingerprint density at radius 1 is 0.493 bits per heavy atom. The fourth-order valence-electron chi connectivity index (χ4n) is 11.0. The Kier molecular flexibility index (Phi) is 9.05. The zero-order chi connectivity index (χ0) is 45.4. The van der Waals surface area contributed by atoms with Crippen LogP contribution in [0.1, 0.15) is 41.4 Å². The Morgan fingerprint density at radius 3 is 1.83 bits per heavy atom. The highest BCUT2D eigenvalue weighted by molar-refractivity contribution is 6.11. The summed E-state index contributed by atoms with van der Waals surface area (Å²) in [6.07, 6.45) is 11.8. The highest BCUT2D eigenvalue weighted by atomic mass is 16.5. The van der Waals surface area contributed by atoms with Gasteiger partial charge in [0.1, 0.15) is 11.5 Å². The molecule has 1 unspecified atom stereocenters. The molecule has 4 heterocycles. The van der Waals surface area contributed by atoms with E-state index in [0.29, 0.717) is 17.5 Å². The summed E-state index contributed by atoms with van der Waals surface area (Å²) < 4.78 is 11.4. The van der Waals surface area contributed by atoms with Crippen molar-refractivity contribution >= 4 is 44.4 Å². The molecule has 3 aromatic heterocycles. The van der Waals surface area contributed by atoms with Crippen LogP contribution < -0.4 is 4.74 Å². The highest BCUT2D eigenvalue weighted by Gasteiger charge is 2.32. The molecule has 6 nitrogen and oxygen atoms in total. The summed E-state index contributed by atoms with van der Waals surface area (Å²) in [6.45, 7) is 0. The summed E-state index contributed by atoms with van der Waals surface area (Å²) in [5, 5.41) is 3.69. The SMILES string of the molecule is C1=Cc2c(n(-c3ccc4c(c3)c3ccccc3n4-c3c(-c4ccccc4)cc(-c4nc(C5=CCC6C(=C5)Oc5ccccc56)nc(-c5ccccc5)n4)cc3-c3ccccc3)c3ccccc23)CC1. The molecule has 0 spiro atoms. The molecule has 0 saturated carbocycles. The van der Waals surface area contributed by atoms with E-state index in [2.05, 4.69) is 197 Å². The Bertz CT molecular complexity index is 3890. The fourth-order valence-corrected chi connectivity index (χ4v) is 11.0. The van der Waals surface area contributed by atoms with Crippen LogP contribution in [0.5, 0.6) is 5.75 Å². The molecule has 3 aliphatic rings. The van der Waals surface area contributed by atoms with Gasteiger partial charge in [-0.15, -0.1) is 0 Å². The smallest absolute Gasteiger partial charge is 0.164 e. The Hall–Kier alpha value is -8.87. The number of hydrogen-bond donors (Lipinski definition) is 0. The third kappa shape index (κ3) is 6.44. The maximum absolute atomic E-state index is 6.44. The molecule has 0 fully saturated rings. The molecular weight excluding hydrogens is 843 g/mol. The minimum absolute atomic E-state index is 0.179. The maximum Gasteiger partial charge on any atom is 0.164 e. The summed E-state index contributed by atoms with van der Waals surface area (Å²) in [5.41, 5.74) is 16.7. The molecule has 0 bridgehead atoms. The first-order valence-corrected chi connectivity index (χ1v) is 23.8. The summed E-state index contributed by atoms with van der Waals surface area (Å²) in [5.74, 6) is 3.85. The molecule has 1 atom stereocenters. The molecule has 11 aromatic rings. The second-order valence-corrected chi connectivity index (χ2v) is 18.2. The highest BCUT2D eigenvalue weighted by Crippen LogP contribution is 2.48. The van der Waals surface area contributed by atoms with Crippen molar-refractivity contribution in [2.45, 2.75) is 25.2 Å². The Morgan fingerprint density at radius 2 is 1.09 bits per heavy atom. The lowest BCUT2D eigenvalue weighted by Crippen LogP contribution is -2.08. The average molecular weight is 886 g/mol. The van der Waals surface area contributed by atoms with Crippen molar-refractivity contribution in [3.63, 3.8) is 0 Å². The molecular formula is C63H43N5O. The topological polar surface area (TPSA) is 57.8 Å². The van der Waals surface area contributed by atoms with Crippen LogP contribution in [0.15, 0.2) is 218 Å². The molecule has 8 aromatic carbocycles. The normalized spacial score (nSPS) is 14.9. The van der Waals surface area contributed by atoms with E-state index in [4.69, 9.17) is 19.7 Å². The van der Waals surface area contributed by atoms with Crippen LogP contribution in [0.25, 0.3) is 101 Å². The molecule has 2 aliphatic carbocycles. The van der Waals surface area contributed by atoms with Crippen LogP contribution in [0, 0.1) is 0 Å². The minimum Gasteiger partial charge on any atom is -0.461 e. The van der Waals surface area contributed by atoms with Crippen molar-refractivity contribution in [3.05, 3.63) is 241 Å². The zero-order valence-electron chi connectivity index (χ0n) is 37.6. The standard InChI is InChI=1S/C63H43N5O/c1-4-18-40(19-5-1)51-36-44(63-65-61(42-22-8-3-9-23-42)64-62(66-63)43-32-34-50-49-27-13-17-31-58(49)69-59(50)38-43)37-52(41-20-6-2-7-21-41)60(51)68-56-30-16-12-26-48(56)53-39-45(33-35-57(53)68)67-54-28-14-10-24-46(54)47-25-11-15-29-55(47)67/h1-14,16-28,30-33,35-39,50H,15,29,34H2. The second-order valence-electron chi connectivity index (χ2n) is 18.2. The van der Waals surface area contributed by atoms with E-state index in [0.717, 1.165) is 86.4 Å². The summed E-state index contributed by atoms with van der Waals surface area (Å²) in [6, 6.07) is 69.3. The van der Waals surface area contributed by atoms with Crippen LogP contribution >= 0.6 is 0 Å². The van der Waals surface area contributed by atoms with Gasteiger partial charge in [0.25, 0.3) is 0 Å². The average Bonchev–Trinajstić information content (AvgIpc) is 4.08. The van der Waals surface area contributed by atoms with Gasteiger partial charge in [-0.3, -0.25) is 0 Å². The van der Waals surface area contributed by atoms with Crippen molar-refractivity contribution < 1.29 is 4.74 Å². The van der Waals surface area contributed by atoms with Crippen LogP contribution in [0.2, 0.25) is 0 Å². The molecule has 14 rings (SSSR count). The molecule has 0 radical (unpaired) electrons. The van der Waals surface area contributed by atoms with E-state index < -0.39 is 0 Å². The number of allylic oxidation sites excluding steroid dienone is 5. The van der Waals surface area contributed by atoms with Crippen molar-refractivity contribution in [2.75, 3.05) is 0 Å². The number of ether oxygens (including phenoxy) is 1. The van der Waals surface area contributed by atoms with Gasteiger partial charge in [-0.05, 0) is 85.0 Å². The van der Waals surface area contributed by atoms with Crippen molar-refractivity contribution in [2.24, 2.45) is 0 Å². The number of fused-ring (bicyclic) bond motifs is 9. The Balaban J connectivity index is 1.01. The second kappa shape index (κ2) is 15.9. The van der Waals surface area contributed by atoms with Gasteiger partial charge in [0, 0.05) is 72.4 Å². The van der Waals surface area contributed by atoms with Crippen molar-refractivity contribution in [1.29, 1.82) is 0 Å². The van der Waals surface area contributed by atoms with Crippen LogP contribution in [0.3, 0.4) is 0 Å². The molecule has 69 heavy (non-hydrogen) atoms. The molecule has 326 valence electrons. The van der Waals surface area contributed by atoms with Gasteiger partial charge in [0.2, 0.25) is 0 Å². The van der Waals surface area contributed by atoms with Crippen molar-refractivity contribution in [3.8, 4) is 62.2 Å². The van der Waals surface area contributed by atoms with E-state index in [1.165, 1.54) is 44.2 Å². The predicted molar refractivity (Wildman–Crippen MR) is 281 cm³/mol. The van der Waals surface area contributed by atoms with Crippen LogP contribution in [-0.4, -0.2) is 24.1 Å². The lowest BCUT2D eigenvalue weighted by Gasteiger charge is -2.21. The molecule has 0 saturated heterocycles. The summed E-state index contributed by atoms with van der Waals surface area (Å²) >= 11 is 0. The Labute approximate surface area is 399 Å². The fraction of sp³-hybridized carbons (Fsp3) is 0.0635. The number of aromatic nitrogens is 5. The molecule has 1 aliphatic heterocycles. The first-order chi connectivity index (χ1) is 34.2. The van der Waals surface area contributed by atoms with Gasteiger partial charge < -0.3 is 13.9 Å². The van der Waals surface area contributed by atoms with Gasteiger partial charge in [-0.25, -0.2) is 15.0 Å². The van der Waals surface area contributed by atoms with E-state index in [1.54, 1.807) is 0 Å². The van der Waals surface area contributed by atoms with E-state index >= 15 is 0 Å². The number of nitrogens with zero attached hydrogens (tertiary/aromatic N) is 5. The molecule has 0 N–H and O–H groups in total. The number of hydrogen-bond acceptors (Lipinski definition) is 4. The van der Waals surface area contributed by atoms with Gasteiger partial charge in [-0.2, -0.15) is 0 Å². The largest absolute Gasteiger partial charge is 0.461 e. The lowest BCUT2D eigenvalue weighted by atomic mass is 9.89. The number of para-hydroxylation sites is 3. The van der Waals surface area contributed by atoms with Gasteiger partial charge in [0.15, 0.2) is 17.5 Å². The summed E-state index contributed by atoms with van der Waals surface area (Å²) in [7, 11) is 0. The number of rotatable bonds is 7. The monoisotopic (exact) mass is 885 g/mol. The van der Waals surface area contributed by atoms with E-state index in [9.17, 15) is 0 Å². The first kappa shape index (κ1) is 39.3. The third-order valence-electron chi connectivity index (χ3n) is 14.2. The van der Waals surface area contributed by atoms with Gasteiger partial charge >= 0.3 is 0 Å². The van der Waals surface area contributed by atoms with Crippen LogP contribution in [0.4, 0.5) is 0 Å². The van der Waals surface area contributed by atoms with Gasteiger partial charge in [0.05, 0.1) is 22.2 Å². The van der Waals surface area contributed by atoms with E-state index in [-0.39, 0.29) is 5.92 Å². The van der Waals surface area contributed by atoms with Crippen LogP contribution in [-0.2, 0) is 6.42 Å². The predicted octanol–water partition coefficient (Wildman–Crippen LogP) is 15.4. The zero-order valence-corrected chi connectivity index (χ0v) is 37.6. The molecule has 6 heteroatoms. The minimum atomic E-state index is 0.179. The van der Waals surface area contributed by atoms with Crippen molar-refractivity contribution in [1.82, 2.24) is 24.1 Å². The first-order valence-electron chi connectivity index (χ1n) is 23.8. The number of benzene rings is 8. The third-order valence-corrected chi connectivity index (χ3v) is 14.2. The quantitative estimate of drug-likeness (QED) is 0.160. The summed E-state index contributed by atoms with van der Waals surface area (Å²) in [4.78, 5) is 15.8. The maximum atomic E-state index is 6.44. The lowest BCUT2D eigenvalue weighted by molar-refractivity contribution is 0.426. The van der Waals surface area contributed by atoms with E-state index in [1.807, 2.05) is 30.3 Å². The van der Waals surface area contributed by atoms with Gasteiger partial charge in [-0.1, -0.05) is 164 Å². The molecule has 0 amide bonds.